The van der Waals surface area contributed by atoms with Crippen LogP contribution in [0.15, 0.2) is 18.2 Å². The Labute approximate surface area is 112 Å². The van der Waals surface area contributed by atoms with E-state index in [0.717, 1.165) is 0 Å². The highest BCUT2D eigenvalue weighted by molar-refractivity contribution is 14.1. The number of carbonyl (C=O) groups excluding carboxylic acids is 1. The number of hydrogen-bond acceptors (Lipinski definition) is 3. The van der Waals surface area contributed by atoms with Gasteiger partial charge in [-0.3, -0.25) is 4.79 Å². The van der Waals surface area contributed by atoms with Crippen molar-refractivity contribution in [2.45, 2.75) is 12.5 Å². The highest BCUT2D eigenvalue weighted by atomic mass is 127. The smallest absolute Gasteiger partial charge is 0.252 e. The van der Waals surface area contributed by atoms with Crippen LogP contribution in [0.4, 0.5) is 4.39 Å². The van der Waals surface area contributed by atoms with Crippen molar-refractivity contribution in [1.29, 1.82) is 0 Å². The summed E-state index contributed by atoms with van der Waals surface area (Å²) in [7, 11) is 0. The molecule has 4 nitrogen and oxygen atoms in total. The second-order valence-corrected chi connectivity index (χ2v) is 5.12. The van der Waals surface area contributed by atoms with Crippen molar-refractivity contribution in [2.75, 3.05) is 13.2 Å². The van der Waals surface area contributed by atoms with Crippen molar-refractivity contribution in [2.24, 2.45) is 0 Å². The zero-order chi connectivity index (χ0) is 13.1. The van der Waals surface area contributed by atoms with Gasteiger partial charge in [-0.1, -0.05) is 0 Å². The lowest BCUT2D eigenvalue weighted by molar-refractivity contribution is 0.00319. The maximum absolute atomic E-state index is 12.8. The SMILES string of the molecule is CC(O)(CO)CNC(=O)c1ccc(F)cc1I. The molecule has 1 rings (SSSR count). The first-order chi connectivity index (χ1) is 7.85. The van der Waals surface area contributed by atoms with Crippen LogP contribution in [0.5, 0.6) is 0 Å². The molecule has 0 spiro atoms. The van der Waals surface area contributed by atoms with Crippen LogP contribution < -0.4 is 5.32 Å². The van der Waals surface area contributed by atoms with Crippen LogP contribution in [0.2, 0.25) is 0 Å². The van der Waals surface area contributed by atoms with Crippen molar-refractivity contribution in [3.8, 4) is 0 Å². The molecule has 0 saturated carbocycles. The molecule has 1 amide bonds. The van der Waals surface area contributed by atoms with Crippen LogP contribution in [0.1, 0.15) is 17.3 Å². The molecular weight excluding hydrogens is 340 g/mol. The maximum Gasteiger partial charge on any atom is 0.252 e. The Bertz CT molecular complexity index is 423. The Balaban J connectivity index is 2.71. The summed E-state index contributed by atoms with van der Waals surface area (Å²) in [5.41, 5.74) is -1.03. The number of carbonyl (C=O) groups is 1. The van der Waals surface area contributed by atoms with Crippen LogP contribution in [0, 0.1) is 9.39 Å². The number of nitrogens with one attached hydrogen (secondary N) is 1. The number of benzene rings is 1. The van der Waals surface area contributed by atoms with Gasteiger partial charge in [0, 0.05) is 10.1 Å². The van der Waals surface area contributed by atoms with E-state index in [0.29, 0.717) is 9.13 Å². The number of hydrogen-bond donors (Lipinski definition) is 3. The third kappa shape index (κ3) is 4.21. The van der Waals surface area contributed by atoms with Crippen LogP contribution in [-0.4, -0.2) is 34.9 Å². The van der Waals surface area contributed by atoms with E-state index in [1.807, 2.05) is 22.6 Å². The van der Waals surface area contributed by atoms with Crippen LogP contribution in [0.3, 0.4) is 0 Å². The van der Waals surface area contributed by atoms with E-state index in [-0.39, 0.29) is 6.54 Å². The molecule has 0 aliphatic rings. The molecule has 0 aliphatic carbocycles. The Hall–Kier alpha value is -0.730. The van der Waals surface area contributed by atoms with E-state index in [4.69, 9.17) is 5.11 Å². The summed E-state index contributed by atoms with van der Waals surface area (Å²) in [4.78, 5) is 11.7. The molecule has 0 radical (unpaired) electrons. The first-order valence-corrected chi connectivity index (χ1v) is 6.00. The van der Waals surface area contributed by atoms with E-state index in [2.05, 4.69) is 5.32 Å². The van der Waals surface area contributed by atoms with Gasteiger partial charge in [0.05, 0.1) is 12.2 Å². The van der Waals surface area contributed by atoms with Crippen molar-refractivity contribution in [1.82, 2.24) is 5.32 Å². The molecule has 0 fully saturated rings. The molecule has 0 bridgehead atoms. The van der Waals surface area contributed by atoms with Gasteiger partial charge >= 0.3 is 0 Å². The van der Waals surface area contributed by atoms with E-state index in [9.17, 15) is 14.3 Å². The van der Waals surface area contributed by atoms with Gasteiger partial charge in [0.25, 0.3) is 5.91 Å². The summed E-state index contributed by atoms with van der Waals surface area (Å²) < 4.78 is 13.3. The Morgan fingerprint density at radius 1 is 1.59 bits per heavy atom. The fraction of sp³-hybridized carbons (Fsp3) is 0.364. The van der Waals surface area contributed by atoms with Gasteiger partial charge in [-0.05, 0) is 47.7 Å². The minimum atomic E-state index is -1.36. The van der Waals surface area contributed by atoms with Crippen LogP contribution in [0.25, 0.3) is 0 Å². The van der Waals surface area contributed by atoms with Gasteiger partial charge < -0.3 is 15.5 Å². The normalized spacial score (nSPS) is 14.2. The lowest BCUT2D eigenvalue weighted by atomic mass is 10.1. The summed E-state index contributed by atoms with van der Waals surface area (Å²) in [5.74, 6) is -0.823. The number of aliphatic hydroxyl groups is 2. The second kappa shape index (κ2) is 5.74. The average Bonchev–Trinajstić information content (AvgIpc) is 2.26. The molecule has 0 saturated heterocycles. The molecule has 3 N–H and O–H groups in total. The highest BCUT2D eigenvalue weighted by Crippen LogP contribution is 2.14. The maximum atomic E-state index is 12.8. The quantitative estimate of drug-likeness (QED) is 0.705. The molecule has 17 heavy (non-hydrogen) atoms. The first kappa shape index (κ1) is 14.3. The molecular formula is C11H13FINO3. The topological polar surface area (TPSA) is 69.6 Å². The predicted molar refractivity (Wildman–Crippen MR) is 69.2 cm³/mol. The minimum Gasteiger partial charge on any atom is -0.393 e. The zero-order valence-electron chi connectivity index (χ0n) is 9.20. The average molecular weight is 353 g/mol. The minimum absolute atomic E-state index is 0.0736. The molecule has 1 unspecified atom stereocenters. The fourth-order valence-electron chi connectivity index (χ4n) is 1.10. The molecule has 1 atom stereocenters. The van der Waals surface area contributed by atoms with Crippen molar-refractivity contribution < 1.29 is 19.4 Å². The van der Waals surface area contributed by atoms with Crippen LogP contribution >= 0.6 is 22.6 Å². The van der Waals surface area contributed by atoms with Gasteiger partial charge in [0.2, 0.25) is 0 Å². The standard InChI is InChI=1S/C11H13FINO3/c1-11(17,6-15)5-14-10(16)8-3-2-7(12)4-9(8)13/h2-4,15,17H,5-6H2,1H3,(H,14,16). The summed E-state index contributed by atoms with van der Waals surface area (Å²) in [6.07, 6.45) is 0. The Morgan fingerprint density at radius 2 is 2.24 bits per heavy atom. The van der Waals surface area contributed by atoms with Gasteiger partial charge in [-0.2, -0.15) is 0 Å². The first-order valence-electron chi connectivity index (χ1n) is 4.92. The monoisotopic (exact) mass is 353 g/mol. The van der Waals surface area contributed by atoms with E-state index in [1.54, 1.807) is 0 Å². The Kier molecular flexibility index (Phi) is 4.84. The Morgan fingerprint density at radius 3 is 2.76 bits per heavy atom. The largest absolute Gasteiger partial charge is 0.393 e. The van der Waals surface area contributed by atoms with Crippen molar-refractivity contribution in [3.63, 3.8) is 0 Å². The summed E-state index contributed by atoms with van der Waals surface area (Å²) in [6.45, 7) is 0.881. The van der Waals surface area contributed by atoms with E-state index in [1.165, 1.54) is 25.1 Å². The summed E-state index contributed by atoms with van der Waals surface area (Å²) in [6, 6.07) is 3.82. The van der Waals surface area contributed by atoms with Gasteiger partial charge in [-0.25, -0.2) is 4.39 Å². The molecule has 0 aliphatic heterocycles. The van der Waals surface area contributed by atoms with Crippen molar-refractivity contribution >= 4 is 28.5 Å². The summed E-state index contributed by atoms with van der Waals surface area (Å²) >= 11 is 1.86. The van der Waals surface area contributed by atoms with Gasteiger partial charge in [-0.15, -0.1) is 0 Å². The fourth-order valence-corrected chi connectivity index (χ4v) is 1.82. The van der Waals surface area contributed by atoms with E-state index < -0.39 is 23.9 Å². The molecule has 0 aromatic heterocycles. The van der Waals surface area contributed by atoms with Crippen LogP contribution in [-0.2, 0) is 0 Å². The molecule has 6 heteroatoms. The third-order valence-electron chi connectivity index (χ3n) is 2.15. The zero-order valence-corrected chi connectivity index (χ0v) is 11.4. The van der Waals surface area contributed by atoms with Gasteiger partial charge in [0.15, 0.2) is 0 Å². The lowest BCUT2D eigenvalue weighted by Gasteiger charge is -2.20. The number of rotatable bonds is 4. The molecule has 0 heterocycles. The lowest BCUT2D eigenvalue weighted by Crippen LogP contribution is -2.43. The van der Waals surface area contributed by atoms with E-state index >= 15 is 0 Å². The number of aliphatic hydroxyl groups excluding tert-OH is 1. The molecule has 94 valence electrons. The predicted octanol–water partition coefficient (Wildman–Crippen LogP) is 0.903. The number of amides is 1. The second-order valence-electron chi connectivity index (χ2n) is 3.96. The molecule has 1 aromatic carbocycles. The summed E-state index contributed by atoms with van der Waals surface area (Å²) in [5, 5.41) is 20.8. The third-order valence-corrected chi connectivity index (χ3v) is 3.04. The highest BCUT2D eigenvalue weighted by Gasteiger charge is 2.20. The van der Waals surface area contributed by atoms with Gasteiger partial charge in [0.1, 0.15) is 11.4 Å². The van der Waals surface area contributed by atoms with Crippen molar-refractivity contribution in [3.05, 3.63) is 33.1 Å². The number of halogens is 2. The molecule has 1 aromatic rings.